The van der Waals surface area contributed by atoms with Crippen molar-refractivity contribution in [3.8, 4) is 0 Å². The van der Waals surface area contributed by atoms with Gasteiger partial charge in [0.2, 0.25) is 0 Å². The van der Waals surface area contributed by atoms with E-state index in [1.165, 1.54) is 0 Å². The number of hydrogen-bond donors (Lipinski definition) is 1. The molecule has 1 unspecified atom stereocenters. The van der Waals surface area contributed by atoms with Crippen molar-refractivity contribution in [1.29, 1.82) is 0 Å². The number of carbonyl (C=O) groups excluding carboxylic acids is 1. The zero-order valence-electron chi connectivity index (χ0n) is 9.29. The molecule has 19 heavy (non-hydrogen) atoms. The maximum atomic E-state index is 12.5. The molecule has 7 heteroatoms. The molecule has 100 valence electrons. The Hall–Kier alpha value is -1.63. The van der Waals surface area contributed by atoms with Gasteiger partial charge in [0.15, 0.2) is 10.6 Å². The van der Waals surface area contributed by atoms with Crippen molar-refractivity contribution in [2.45, 2.75) is 11.0 Å². The van der Waals surface area contributed by atoms with E-state index in [2.05, 4.69) is 20.9 Å². The van der Waals surface area contributed by atoms with Crippen LogP contribution in [0.3, 0.4) is 0 Å². The van der Waals surface area contributed by atoms with E-state index >= 15 is 0 Å². The second-order valence-electron chi connectivity index (χ2n) is 3.87. The average Bonchev–Trinajstić information content (AvgIpc) is 2.35. The summed E-state index contributed by atoms with van der Waals surface area (Å²) in [6.07, 6.45) is -4.74. The zero-order chi connectivity index (χ0) is 14.2. The lowest BCUT2D eigenvalue weighted by Gasteiger charge is -2.12. The van der Waals surface area contributed by atoms with Crippen LogP contribution in [0.5, 0.6) is 0 Å². The maximum absolute atomic E-state index is 12.5. The van der Waals surface area contributed by atoms with Gasteiger partial charge in [0.05, 0.1) is 5.56 Å². The first-order valence-corrected chi connectivity index (χ1v) is 6.09. The average molecular weight is 334 g/mol. The number of benzene rings is 1. The predicted molar refractivity (Wildman–Crippen MR) is 67.7 cm³/mol. The molecule has 1 aromatic carbocycles. The molecule has 0 amide bonds. The summed E-state index contributed by atoms with van der Waals surface area (Å²) in [5.41, 5.74) is -0.891. The monoisotopic (exact) mass is 333 g/mol. The molecule has 0 bridgehead atoms. The van der Waals surface area contributed by atoms with Gasteiger partial charge in [-0.2, -0.15) is 13.2 Å². The maximum Gasteiger partial charge on any atom is 0.408 e. The van der Waals surface area contributed by atoms with Gasteiger partial charge in [0.1, 0.15) is 0 Å². The number of H-pyrrole nitrogens is 1. The van der Waals surface area contributed by atoms with Gasteiger partial charge in [-0.15, -0.1) is 0 Å². The topological polar surface area (TPSA) is 49.9 Å². The van der Waals surface area contributed by atoms with Crippen LogP contribution in [-0.4, -0.2) is 21.8 Å². The first-order chi connectivity index (χ1) is 8.80. The van der Waals surface area contributed by atoms with Crippen molar-refractivity contribution < 1.29 is 18.0 Å². The SMILES string of the molecule is O=C(c1cc2ccccc2[nH]c1=O)C(Br)C(F)(F)F. The zero-order valence-corrected chi connectivity index (χ0v) is 10.9. The van der Waals surface area contributed by atoms with Gasteiger partial charge in [-0.25, -0.2) is 0 Å². The number of rotatable bonds is 2. The van der Waals surface area contributed by atoms with Crippen LogP contribution in [-0.2, 0) is 0 Å². The highest BCUT2D eigenvalue weighted by molar-refractivity contribution is 9.10. The summed E-state index contributed by atoms with van der Waals surface area (Å²) in [5, 5.41) is 0.493. The van der Waals surface area contributed by atoms with Crippen LogP contribution in [0.4, 0.5) is 13.2 Å². The molecule has 0 saturated heterocycles. The van der Waals surface area contributed by atoms with Gasteiger partial charge in [0, 0.05) is 5.52 Å². The summed E-state index contributed by atoms with van der Waals surface area (Å²) in [5.74, 6) is -1.31. The highest BCUT2D eigenvalue weighted by Gasteiger charge is 2.43. The van der Waals surface area contributed by atoms with Crippen molar-refractivity contribution in [2.75, 3.05) is 0 Å². The third-order valence-corrected chi connectivity index (χ3v) is 3.47. The minimum atomic E-state index is -4.74. The number of pyridine rings is 1. The van der Waals surface area contributed by atoms with Crippen LogP contribution < -0.4 is 5.56 Å². The molecule has 0 saturated carbocycles. The molecule has 1 N–H and O–H groups in total. The summed E-state index contributed by atoms with van der Waals surface area (Å²) < 4.78 is 37.4. The minimum absolute atomic E-state index is 0.460. The fourth-order valence-corrected chi connectivity index (χ4v) is 1.86. The van der Waals surface area contributed by atoms with E-state index in [1.807, 2.05) is 0 Å². The van der Waals surface area contributed by atoms with Crippen molar-refractivity contribution in [3.05, 3.63) is 46.2 Å². The van der Waals surface area contributed by atoms with Gasteiger partial charge < -0.3 is 4.98 Å². The predicted octanol–water partition coefficient (Wildman–Crippen LogP) is 3.04. The fourth-order valence-electron chi connectivity index (χ4n) is 1.62. The Morgan fingerprint density at radius 2 is 1.89 bits per heavy atom. The third kappa shape index (κ3) is 2.70. The van der Waals surface area contributed by atoms with Gasteiger partial charge in [-0.3, -0.25) is 9.59 Å². The van der Waals surface area contributed by atoms with E-state index in [-0.39, 0.29) is 0 Å². The standard InChI is InChI=1S/C12H7BrF3NO2/c13-10(12(14,15)16)9(18)7-5-6-3-1-2-4-8(6)17-11(7)19/h1-5,10H,(H,17,19). The van der Waals surface area contributed by atoms with E-state index in [4.69, 9.17) is 0 Å². The number of alkyl halides is 4. The molecule has 0 spiro atoms. The number of fused-ring (bicyclic) bond motifs is 1. The largest absolute Gasteiger partial charge is 0.408 e. The summed E-state index contributed by atoms with van der Waals surface area (Å²) in [6.45, 7) is 0. The lowest BCUT2D eigenvalue weighted by Crippen LogP contribution is -2.34. The van der Waals surface area contributed by atoms with Crippen LogP contribution >= 0.6 is 15.9 Å². The summed E-state index contributed by atoms with van der Waals surface area (Å²) in [7, 11) is 0. The molecule has 2 aromatic rings. The Morgan fingerprint density at radius 3 is 2.53 bits per heavy atom. The number of para-hydroxylation sites is 1. The van der Waals surface area contributed by atoms with Gasteiger partial charge in [0.25, 0.3) is 5.56 Å². The normalized spacial score (nSPS) is 13.5. The molecule has 0 aliphatic carbocycles. The first kappa shape index (κ1) is 13.8. The number of nitrogens with one attached hydrogen (secondary N) is 1. The molecular formula is C12H7BrF3NO2. The summed E-state index contributed by atoms with van der Waals surface area (Å²) in [4.78, 5) is 23.3. The van der Waals surface area contributed by atoms with Crippen molar-refractivity contribution in [2.24, 2.45) is 0 Å². The van der Waals surface area contributed by atoms with Gasteiger partial charge >= 0.3 is 6.18 Å². The Morgan fingerprint density at radius 1 is 1.26 bits per heavy atom. The lowest BCUT2D eigenvalue weighted by molar-refractivity contribution is -0.118. The molecule has 1 atom stereocenters. The Kier molecular flexibility index (Phi) is 3.49. The quantitative estimate of drug-likeness (QED) is 0.678. The number of halogens is 4. The van der Waals surface area contributed by atoms with Crippen LogP contribution in [0.1, 0.15) is 10.4 Å². The Balaban J connectivity index is 2.54. The molecule has 0 radical (unpaired) electrons. The second-order valence-corrected chi connectivity index (χ2v) is 4.78. The van der Waals surface area contributed by atoms with Crippen LogP contribution in [0.2, 0.25) is 0 Å². The van der Waals surface area contributed by atoms with Gasteiger partial charge in [-0.1, -0.05) is 34.1 Å². The van der Waals surface area contributed by atoms with Crippen molar-refractivity contribution in [3.63, 3.8) is 0 Å². The highest BCUT2D eigenvalue weighted by atomic mass is 79.9. The Labute approximate surface area is 113 Å². The summed E-state index contributed by atoms with van der Waals surface area (Å²) >= 11 is 2.27. The molecule has 0 aliphatic heterocycles. The van der Waals surface area contributed by atoms with E-state index in [9.17, 15) is 22.8 Å². The van der Waals surface area contributed by atoms with E-state index in [0.29, 0.717) is 10.9 Å². The number of ketones is 1. The summed E-state index contributed by atoms with van der Waals surface area (Å²) in [6, 6.07) is 7.68. The van der Waals surface area contributed by atoms with E-state index in [1.54, 1.807) is 24.3 Å². The minimum Gasteiger partial charge on any atom is -0.321 e. The van der Waals surface area contributed by atoms with Crippen LogP contribution in [0.15, 0.2) is 35.1 Å². The van der Waals surface area contributed by atoms with Crippen molar-refractivity contribution in [1.82, 2.24) is 4.98 Å². The molecule has 3 nitrogen and oxygen atoms in total. The van der Waals surface area contributed by atoms with E-state index in [0.717, 1.165) is 6.07 Å². The van der Waals surface area contributed by atoms with Crippen LogP contribution in [0.25, 0.3) is 10.9 Å². The van der Waals surface area contributed by atoms with Gasteiger partial charge in [-0.05, 0) is 17.5 Å². The first-order valence-electron chi connectivity index (χ1n) is 5.18. The Bertz CT molecular complexity index is 693. The lowest BCUT2D eigenvalue weighted by atomic mass is 10.1. The highest BCUT2D eigenvalue weighted by Crippen LogP contribution is 2.28. The molecule has 0 aliphatic rings. The number of Topliss-reactive ketones (excluding diaryl/α,β-unsaturated/α-hetero) is 1. The number of carbonyl (C=O) groups is 1. The van der Waals surface area contributed by atoms with Crippen LogP contribution in [0, 0.1) is 0 Å². The van der Waals surface area contributed by atoms with E-state index < -0.39 is 27.9 Å². The molecule has 1 heterocycles. The number of aromatic amines is 1. The molecular weight excluding hydrogens is 327 g/mol. The fraction of sp³-hybridized carbons (Fsp3) is 0.167. The third-order valence-electron chi connectivity index (χ3n) is 2.54. The molecule has 2 rings (SSSR count). The molecule has 0 fully saturated rings. The smallest absolute Gasteiger partial charge is 0.321 e. The van der Waals surface area contributed by atoms with Crippen molar-refractivity contribution >= 4 is 32.6 Å². The molecule has 1 aromatic heterocycles. The second kappa shape index (κ2) is 4.80. The number of hydrogen-bond acceptors (Lipinski definition) is 2. The number of aromatic nitrogens is 1.